The van der Waals surface area contributed by atoms with Crippen molar-refractivity contribution in [1.29, 1.82) is 0 Å². The highest BCUT2D eigenvalue weighted by Gasteiger charge is 2.23. The van der Waals surface area contributed by atoms with Crippen molar-refractivity contribution in [3.63, 3.8) is 0 Å². The van der Waals surface area contributed by atoms with Gasteiger partial charge in [-0.15, -0.1) is 0 Å². The van der Waals surface area contributed by atoms with Crippen LogP contribution >= 0.6 is 0 Å². The van der Waals surface area contributed by atoms with Crippen LogP contribution in [-0.2, 0) is 0 Å². The largest absolute Gasteiger partial charge is 0.366 e. The Morgan fingerprint density at radius 2 is 2.12 bits per heavy atom. The second-order valence-electron chi connectivity index (χ2n) is 4.47. The summed E-state index contributed by atoms with van der Waals surface area (Å²) in [5.74, 6) is 0.614. The molecule has 1 saturated carbocycles. The van der Waals surface area contributed by atoms with Crippen molar-refractivity contribution in [2.45, 2.75) is 25.8 Å². The molecule has 0 bridgehead atoms. The van der Waals surface area contributed by atoms with E-state index in [1.807, 2.05) is 13.0 Å². The molecule has 1 aliphatic rings. The standard InChI is InChI=1S/C13H14FN3/c1-8-12(10-4-2-3-5-11(10)14)16-17-13(8)15-9-6-7-9/h2-5,9H,6-7H2,1H3,(H2,15,16,17). The van der Waals surface area contributed by atoms with Crippen molar-refractivity contribution in [2.24, 2.45) is 0 Å². The van der Waals surface area contributed by atoms with Gasteiger partial charge in [-0.1, -0.05) is 12.1 Å². The van der Waals surface area contributed by atoms with Crippen molar-refractivity contribution in [1.82, 2.24) is 10.2 Å². The number of hydrogen-bond acceptors (Lipinski definition) is 2. The zero-order chi connectivity index (χ0) is 11.8. The molecule has 0 aliphatic heterocycles. The maximum absolute atomic E-state index is 13.7. The zero-order valence-electron chi connectivity index (χ0n) is 9.63. The quantitative estimate of drug-likeness (QED) is 0.852. The molecular formula is C13H14FN3. The summed E-state index contributed by atoms with van der Waals surface area (Å²) in [6.45, 7) is 1.95. The van der Waals surface area contributed by atoms with Gasteiger partial charge in [0, 0.05) is 17.2 Å². The lowest BCUT2D eigenvalue weighted by atomic mass is 10.1. The van der Waals surface area contributed by atoms with Crippen LogP contribution in [0.15, 0.2) is 24.3 Å². The van der Waals surface area contributed by atoms with E-state index in [1.54, 1.807) is 12.1 Å². The highest BCUT2D eigenvalue weighted by Crippen LogP contribution is 2.31. The maximum Gasteiger partial charge on any atom is 0.151 e. The summed E-state index contributed by atoms with van der Waals surface area (Å²) in [7, 11) is 0. The Balaban J connectivity index is 1.97. The monoisotopic (exact) mass is 231 g/mol. The predicted octanol–water partition coefficient (Wildman–Crippen LogP) is 3.10. The van der Waals surface area contributed by atoms with E-state index >= 15 is 0 Å². The zero-order valence-corrected chi connectivity index (χ0v) is 9.63. The lowest BCUT2D eigenvalue weighted by Crippen LogP contribution is -2.02. The van der Waals surface area contributed by atoms with Crippen LogP contribution in [0.5, 0.6) is 0 Å². The third-order valence-electron chi connectivity index (χ3n) is 3.07. The molecule has 17 heavy (non-hydrogen) atoms. The average molecular weight is 231 g/mol. The fourth-order valence-electron chi connectivity index (χ4n) is 1.89. The second kappa shape index (κ2) is 3.87. The number of anilines is 1. The fraction of sp³-hybridized carbons (Fsp3) is 0.308. The normalized spacial score (nSPS) is 14.9. The molecule has 1 aliphatic carbocycles. The molecule has 2 aromatic rings. The van der Waals surface area contributed by atoms with Gasteiger partial charge in [0.15, 0.2) is 5.82 Å². The summed E-state index contributed by atoms with van der Waals surface area (Å²) in [5, 5.41) is 10.5. The smallest absolute Gasteiger partial charge is 0.151 e. The molecule has 2 N–H and O–H groups in total. The summed E-state index contributed by atoms with van der Waals surface area (Å²) in [5.41, 5.74) is 2.30. The van der Waals surface area contributed by atoms with Crippen LogP contribution in [0.1, 0.15) is 18.4 Å². The molecule has 0 radical (unpaired) electrons. The van der Waals surface area contributed by atoms with Crippen LogP contribution in [0.25, 0.3) is 11.3 Å². The summed E-state index contributed by atoms with van der Waals surface area (Å²) in [6, 6.07) is 7.28. The molecule has 0 unspecified atom stereocenters. The van der Waals surface area contributed by atoms with Gasteiger partial charge in [-0.2, -0.15) is 5.10 Å². The molecule has 0 amide bonds. The van der Waals surface area contributed by atoms with Crippen molar-refractivity contribution in [3.8, 4) is 11.3 Å². The van der Waals surface area contributed by atoms with Crippen molar-refractivity contribution in [3.05, 3.63) is 35.6 Å². The Labute approximate surface area is 99.1 Å². The van der Waals surface area contributed by atoms with E-state index < -0.39 is 0 Å². The van der Waals surface area contributed by atoms with Crippen molar-refractivity contribution >= 4 is 5.82 Å². The van der Waals surface area contributed by atoms with Gasteiger partial charge in [0.1, 0.15) is 5.82 Å². The molecule has 0 saturated heterocycles. The Morgan fingerprint density at radius 1 is 1.35 bits per heavy atom. The molecule has 4 heteroatoms. The van der Waals surface area contributed by atoms with Crippen molar-refractivity contribution < 1.29 is 4.39 Å². The van der Waals surface area contributed by atoms with Gasteiger partial charge >= 0.3 is 0 Å². The Morgan fingerprint density at radius 3 is 2.82 bits per heavy atom. The average Bonchev–Trinajstić information content (AvgIpc) is 3.07. The lowest BCUT2D eigenvalue weighted by molar-refractivity contribution is 0.630. The van der Waals surface area contributed by atoms with Crippen LogP contribution in [0, 0.1) is 12.7 Å². The van der Waals surface area contributed by atoms with Gasteiger partial charge in [0.05, 0.1) is 5.69 Å². The number of benzene rings is 1. The van der Waals surface area contributed by atoms with Crippen LogP contribution in [0.4, 0.5) is 10.2 Å². The van der Waals surface area contributed by atoms with E-state index in [4.69, 9.17) is 0 Å². The van der Waals surface area contributed by atoms with E-state index in [-0.39, 0.29) is 5.82 Å². The van der Waals surface area contributed by atoms with Gasteiger partial charge in [0.2, 0.25) is 0 Å². The van der Waals surface area contributed by atoms with Crippen LogP contribution in [-0.4, -0.2) is 16.2 Å². The number of rotatable bonds is 3. The summed E-state index contributed by atoms with van der Waals surface area (Å²) in [6.07, 6.45) is 2.39. The Bertz CT molecular complexity index is 543. The highest BCUT2D eigenvalue weighted by molar-refractivity contribution is 5.69. The minimum atomic E-state index is -0.225. The first kappa shape index (κ1) is 10.3. The van der Waals surface area contributed by atoms with Crippen LogP contribution in [0.2, 0.25) is 0 Å². The number of nitrogens with zero attached hydrogens (tertiary/aromatic N) is 1. The summed E-state index contributed by atoms with van der Waals surface area (Å²) < 4.78 is 13.7. The minimum Gasteiger partial charge on any atom is -0.366 e. The van der Waals surface area contributed by atoms with E-state index in [2.05, 4.69) is 15.5 Å². The number of aromatic amines is 1. The molecule has 3 rings (SSSR count). The Kier molecular flexibility index (Phi) is 2.35. The van der Waals surface area contributed by atoms with Gasteiger partial charge in [-0.25, -0.2) is 4.39 Å². The molecule has 0 spiro atoms. The molecule has 1 aromatic carbocycles. The van der Waals surface area contributed by atoms with Crippen molar-refractivity contribution in [2.75, 3.05) is 5.32 Å². The first-order valence-electron chi connectivity index (χ1n) is 5.82. The maximum atomic E-state index is 13.7. The number of hydrogen-bond donors (Lipinski definition) is 2. The number of halogens is 1. The van der Waals surface area contributed by atoms with E-state index in [0.29, 0.717) is 11.6 Å². The third-order valence-corrected chi connectivity index (χ3v) is 3.07. The van der Waals surface area contributed by atoms with Gasteiger partial charge in [-0.05, 0) is 31.9 Å². The fourth-order valence-corrected chi connectivity index (χ4v) is 1.89. The molecule has 0 atom stereocenters. The molecule has 1 heterocycles. The molecule has 1 aromatic heterocycles. The van der Waals surface area contributed by atoms with Crippen LogP contribution in [0.3, 0.4) is 0 Å². The molecule has 1 fully saturated rings. The molecule has 88 valence electrons. The van der Waals surface area contributed by atoms with Gasteiger partial charge < -0.3 is 5.32 Å². The van der Waals surface area contributed by atoms with E-state index in [0.717, 1.165) is 17.1 Å². The van der Waals surface area contributed by atoms with Gasteiger partial charge in [-0.3, -0.25) is 5.10 Å². The first-order valence-corrected chi connectivity index (χ1v) is 5.82. The molecular weight excluding hydrogens is 217 g/mol. The third kappa shape index (κ3) is 1.90. The number of H-pyrrole nitrogens is 1. The van der Waals surface area contributed by atoms with Crippen LogP contribution < -0.4 is 5.32 Å². The Hall–Kier alpha value is -1.84. The lowest BCUT2D eigenvalue weighted by Gasteiger charge is -2.03. The van der Waals surface area contributed by atoms with E-state index in [1.165, 1.54) is 18.9 Å². The first-order chi connectivity index (χ1) is 8.25. The van der Waals surface area contributed by atoms with E-state index in [9.17, 15) is 4.39 Å². The summed E-state index contributed by atoms with van der Waals surface area (Å²) in [4.78, 5) is 0. The molecule has 3 nitrogen and oxygen atoms in total. The van der Waals surface area contributed by atoms with Gasteiger partial charge in [0.25, 0.3) is 0 Å². The number of aromatic nitrogens is 2. The topological polar surface area (TPSA) is 40.7 Å². The predicted molar refractivity (Wildman–Crippen MR) is 65.4 cm³/mol. The summed E-state index contributed by atoms with van der Waals surface area (Å²) >= 11 is 0. The highest BCUT2D eigenvalue weighted by atomic mass is 19.1. The second-order valence-corrected chi connectivity index (χ2v) is 4.47. The number of nitrogens with one attached hydrogen (secondary N) is 2. The minimum absolute atomic E-state index is 0.225. The SMILES string of the molecule is Cc1c(NC2CC2)n[nH]c1-c1ccccc1F.